The Labute approximate surface area is 310 Å². The minimum atomic E-state index is -0.0974. The molecule has 53 heavy (non-hydrogen) atoms. The van der Waals surface area contributed by atoms with Crippen LogP contribution in [0.5, 0.6) is 0 Å². The van der Waals surface area contributed by atoms with Crippen LogP contribution in [0.3, 0.4) is 0 Å². The number of benzene rings is 8. The molecule has 0 amide bonds. The first kappa shape index (κ1) is 31.1. The minimum Gasteiger partial charge on any atom is -0.310 e. The highest BCUT2D eigenvalue weighted by Crippen LogP contribution is 2.50. The average Bonchev–Trinajstić information content (AvgIpc) is 3.67. The molecule has 1 aromatic heterocycles. The van der Waals surface area contributed by atoms with E-state index in [2.05, 4.69) is 217 Å². The summed E-state index contributed by atoms with van der Waals surface area (Å²) in [6, 6.07) is 70.8. The first-order valence-corrected chi connectivity index (χ1v) is 18.4. The van der Waals surface area contributed by atoms with Gasteiger partial charge >= 0.3 is 0 Å². The first-order valence-electron chi connectivity index (χ1n) is 18.4. The molecule has 0 spiro atoms. The van der Waals surface area contributed by atoms with E-state index in [4.69, 9.17) is 0 Å². The van der Waals surface area contributed by atoms with Crippen LogP contribution in [-0.2, 0) is 5.41 Å². The summed E-state index contributed by atoms with van der Waals surface area (Å²) < 4.78 is 2.39. The van der Waals surface area contributed by atoms with Gasteiger partial charge in [0, 0.05) is 38.9 Å². The van der Waals surface area contributed by atoms with E-state index in [1.54, 1.807) is 0 Å². The number of fused-ring (bicyclic) bond motifs is 6. The smallest absolute Gasteiger partial charge is 0.0541 e. The van der Waals surface area contributed by atoms with Gasteiger partial charge in [-0.2, -0.15) is 0 Å². The summed E-state index contributed by atoms with van der Waals surface area (Å²) in [5.74, 6) is 0. The zero-order chi connectivity index (χ0) is 35.5. The molecule has 1 aliphatic rings. The van der Waals surface area contributed by atoms with Crippen molar-refractivity contribution in [2.24, 2.45) is 0 Å². The van der Waals surface area contributed by atoms with Crippen molar-refractivity contribution in [3.63, 3.8) is 0 Å². The summed E-state index contributed by atoms with van der Waals surface area (Å²) in [7, 11) is 0. The van der Waals surface area contributed by atoms with Crippen LogP contribution in [0.15, 0.2) is 194 Å². The molecule has 2 nitrogen and oxygen atoms in total. The van der Waals surface area contributed by atoms with Crippen molar-refractivity contribution >= 4 is 38.9 Å². The quantitative estimate of drug-likeness (QED) is 0.170. The van der Waals surface area contributed by atoms with Gasteiger partial charge in [0.05, 0.1) is 11.0 Å². The summed E-state index contributed by atoms with van der Waals surface area (Å²) in [6.45, 7) is 4.70. The van der Waals surface area contributed by atoms with Gasteiger partial charge in [0.25, 0.3) is 0 Å². The van der Waals surface area contributed by atoms with Crippen molar-refractivity contribution in [1.82, 2.24) is 4.57 Å². The van der Waals surface area contributed by atoms with Crippen molar-refractivity contribution in [3.8, 4) is 39.1 Å². The number of rotatable bonds is 6. The van der Waals surface area contributed by atoms with E-state index >= 15 is 0 Å². The number of aromatic nitrogens is 1. The Kier molecular flexibility index (Phi) is 7.19. The summed E-state index contributed by atoms with van der Waals surface area (Å²) in [6.07, 6.45) is 0. The average molecular weight is 679 g/mol. The van der Waals surface area contributed by atoms with Crippen molar-refractivity contribution < 1.29 is 0 Å². The maximum Gasteiger partial charge on any atom is 0.0541 e. The number of hydrogen-bond donors (Lipinski definition) is 0. The van der Waals surface area contributed by atoms with Gasteiger partial charge in [-0.05, 0) is 105 Å². The van der Waals surface area contributed by atoms with E-state index in [1.165, 1.54) is 66.3 Å². The van der Waals surface area contributed by atoms with E-state index in [9.17, 15) is 0 Å². The highest BCUT2D eigenvalue weighted by atomic mass is 15.1. The SMILES string of the molecule is CC1(C)c2ccccc2-c2ccc(N(c3ccc(-c4ccccc4)cc3)c3cccc(-c4cccc(-n5c6ccccc6c6ccccc65)c4)c3)cc21. The van der Waals surface area contributed by atoms with Crippen molar-refractivity contribution in [1.29, 1.82) is 0 Å². The molecular weight excluding hydrogens is 641 g/mol. The fraction of sp³-hybridized carbons (Fsp3) is 0.0588. The molecule has 9 aromatic rings. The molecule has 0 unspecified atom stereocenters. The number of hydrogen-bond acceptors (Lipinski definition) is 1. The lowest BCUT2D eigenvalue weighted by Crippen LogP contribution is -2.16. The molecule has 1 heterocycles. The molecule has 2 heteroatoms. The Balaban J connectivity index is 1.10. The van der Waals surface area contributed by atoms with E-state index in [1.807, 2.05) is 0 Å². The molecule has 0 saturated heterocycles. The predicted molar refractivity (Wildman–Crippen MR) is 224 cm³/mol. The minimum absolute atomic E-state index is 0.0974. The molecule has 10 rings (SSSR count). The van der Waals surface area contributed by atoms with Crippen molar-refractivity contribution in [2.75, 3.05) is 4.90 Å². The Morgan fingerprint density at radius 3 is 1.68 bits per heavy atom. The summed E-state index contributed by atoms with van der Waals surface area (Å²) in [5, 5.41) is 2.54. The van der Waals surface area contributed by atoms with E-state index in [0.29, 0.717) is 0 Å². The van der Waals surface area contributed by atoms with Gasteiger partial charge in [0.15, 0.2) is 0 Å². The maximum absolute atomic E-state index is 2.41. The zero-order valence-electron chi connectivity index (χ0n) is 29.9. The Morgan fingerprint density at radius 1 is 0.377 bits per heavy atom. The second kappa shape index (κ2) is 12.3. The van der Waals surface area contributed by atoms with E-state index in [0.717, 1.165) is 22.7 Å². The lowest BCUT2D eigenvalue weighted by atomic mass is 9.82. The van der Waals surface area contributed by atoms with Gasteiger partial charge in [-0.1, -0.05) is 147 Å². The molecule has 0 N–H and O–H groups in total. The lowest BCUT2D eigenvalue weighted by molar-refractivity contribution is 0.660. The third-order valence-electron chi connectivity index (χ3n) is 11.2. The van der Waals surface area contributed by atoms with Crippen LogP contribution in [0.25, 0.3) is 60.9 Å². The van der Waals surface area contributed by atoms with Crippen molar-refractivity contribution in [2.45, 2.75) is 19.3 Å². The van der Waals surface area contributed by atoms with Crippen LogP contribution in [-0.4, -0.2) is 4.57 Å². The topological polar surface area (TPSA) is 8.17 Å². The van der Waals surface area contributed by atoms with Crippen LogP contribution in [0.1, 0.15) is 25.0 Å². The van der Waals surface area contributed by atoms with Gasteiger partial charge in [-0.25, -0.2) is 0 Å². The van der Waals surface area contributed by atoms with Crippen LogP contribution >= 0.6 is 0 Å². The molecular formula is C51H38N2. The largest absolute Gasteiger partial charge is 0.310 e. The van der Waals surface area contributed by atoms with Crippen LogP contribution < -0.4 is 4.90 Å². The molecule has 0 aliphatic heterocycles. The van der Waals surface area contributed by atoms with Gasteiger partial charge in [0.1, 0.15) is 0 Å². The maximum atomic E-state index is 2.41. The number of anilines is 3. The first-order chi connectivity index (χ1) is 26.0. The predicted octanol–water partition coefficient (Wildman–Crippen LogP) is 13.9. The van der Waals surface area contributed by atoms with Crippen LogP contribution in [0, 0.1) is 0 Å². The fourth-order valence-corrected chi connectivity index (χ4v) is 8.56. The summed E-state index contributed by atoms with van der Waals surface area (Å²) in [5.41, 5.74) is 17.0. The second-order valence-corrected chi connectivity index (χ2v) is 14.6. The fourth-order valence-electron chi connectivity index (χ4n) is 8.56. The summed E-state index contributed by atoms with van der Waals surface area (Å²) in [4.78, 5) is 2.41. The van der Waals surface area contributed by atoms with Crippen molar-refractivity contribution in [3.05, 3.63) is 205 Å². The molecule has 8 aromatic carbocycles. The Hall–Kier alpha value is -6.64. The standard InChI is InChI=1S/C51H38N2/c1-51(2)47-23-9-6-20-43(47)44-31-30-42(34-48(44)51)52(39-28-26-36(27-29-39)35-14-4-3-5-15-35)40-18-12-16-37(32-40)38-17-13-19-41(33-38)53-49-24-10-7-21-45(49)46-22-8-11-25-50(46)53/h3-34H,1-2H3. The highest BCUT2D eigenvalue weighted by molar-refractivity contribution is 6.09. The summed E-state index contributed by atoms with van der Waals surface area (Å²) >= 11 is 0. The van der Waals surface area contributed by atoms with Gasteiger partial charge < -0.3 is 9.47 Å². The number of para-hydroxylation sites is 2. The molecule has 1 aliphatic carbocycles. The van der Waals surface area contributed by atoms with Gasteiger partial charge in [0.2, 0.25) is 0 Å². The highest BCUT2D eigenvalue weighted by Gasteiger charge is 2.35. The molecule has 0 radical (unpaired) electrons. The molecule has 0 saturated carbocycles. The normalized spacial score (nSPS) is 12.9. The Bertz CT molecular complexity index is 2750. The number of nitrogens with zero attached hydrogens (tertiary/aromatic N) is 2. The molecule has 0 atom stereocenters. The Morgan fingerprint density at radius 2 is 0.925 bits per heavy atom. The van der Waals surface area contributed by atoms with Gasteiger partial charge in [-0.15, -0.1) is 0 Å². The van der Waals surface area contributed by atoms with Crippen LogP contribution in [0.2, 0.25) is 0 Å². The molecule has 252 valence electrons. The zero-order valence-corrected chi connectivity index (χ0v) is 29.9. The van der Waals surface area contributed by atoms with Gasteiger partial charge in [-0.3, -0.25) is 0 Å². The lowest BCUT2D eigenvalue weighted by Gasteiger charge is -2.28. The second-order valence-electron chi connectivity index (χ2n) is 14.6. The third kappa shape index (κ3) is 5.10. The van der Waals surface area contributed by atoms with Crippen LogP contribution in [0.4, 0.5) is 17.1 Å². The van der Waals surface area contributed by atoms with E-state index < -0.39 is 0 Å². The third-order valence-corrected chi connectivity index (χ3v) is 11.2. The molecule has 0 fully saturated rings. The van der Waals surface area contributed by atoms with E-state index in [-0.39, 0.29) is 5.41 Å². The monoisotopic (exact) mass is 678 g/mol. The molecule has 0 bridgehead atoms.